The molecule has 0 heterocycles. The highest BCUT2D eigenvalue weighted by Crippen LogP contribution is 2.48. The normalized spacial score (nSPS) is 17.9. The Morgan fingerprint density at radius 3 is 2.13 bits per heavy atom. The Hall–Kier alpha value is -2.83. The lowest BCUT2D eigenvalue weighted by molar-refractivity contribution is -0.117. The summed E-state index contributed by atoms with van der Waals surface area (Å²) >= 11 is 5.91. The molecule has 3 aromatic carbocycles. The number of hydrogen-bond donors (Lipinski definition) is 2. The second-order valence-electron chi connectivity index (χ2n) is 7.49. The van der Waals surface area contributed by atoms with Gasteiger partial charge < -0.3 is 5.32 Å². The fraction of sp³-hybridized carbons (Fsp3) is 0.174. The van der Waals surface area contributed by atoms with Gasteiger partial charge in [-0.15, -0.1) is 0 Å². The Morgan fingerprint density at radius 2 is 1.50 bits per heavy atom. The number of rotatable bonds is 6. The number of benzene rings is 3. The Kier molecular flexibility index (Phi) is 5.54. The molecule has 0 spiro atoms. The van der Waals surface area contributed by atoms with E-state index >= 15 is 0 Å². The van der Waals surface area contributed by atoms with Crippen LogP contribution >= 0.6 is 11.6 Å². The number of carbonyl (C=O) groups excluding carboxylic acids is 1. The Labute approximate surface area is 181 Å². The monoisotopic (exact) mass is 440 g/mol. The van der Waals surface area contributed by atoms with Gasteiger partial charge in [0.05, 0.1) is 4.90 Å². The third-order valence-corrected chi connectivity index (χ3v) is 6.81. The molecule has 0 radical (unpaired) electrons. The van der Waals surface area contributed by atoms with Crippen LogP contribution in [0.3, 0.4) is 0 Å². The fourth-order valence-corrected chi connectivity index (χ4v) is 4.54. The van der Waals surface area contributed by atoms with Crippen molar-refractivity contribution in [1.82, 2.24) is 0 Å². The summed E-state index contributed by atoms with van der Waals surface area (Å²) in [6.45, 7) is 1.90. The van der Waals surface area contributed by atoms with Gasteiger partial charge >= 0.3 is 0 Å². The van der Waals surface area contributed by atoms with E-state index < -0.39 is 10.0 Å². The van der Waals surface area contributed by atoms with Gasteiger partial charge in [0.25, 0.3) is 10.0 Å². The molecule has 30 heavy (non-hydrogen) atoms. The maximum atomic E-state index is 12.5. The molecule has 1 aliphatic carbocycles. The first kappa shape index (κ1) is 20.4. The zero-order valence-corrected chi connectivity index (χ0v) is 17.9. The molecule has 2 atom stereocenters. The summed E-state index contributed by atoms with van der Waals surface area (Å²) in [6, 6.07) is 20.8. The summed E-state index contributed by atoms with van der Waals surface area (Å²) in [5.41, 5.74) is 3.16. The molecule has 1 amide bonds. The van der Waals surface area contributed by atoms with E-state index in [0.29, 0.717) is 16.4 Å². The summed E-state index contributed by atoms with van der Waals surface area (Å²) < 4.78 is 27.5. The van der Waals surface area contributed by atoms with Crippen LogP contribution in [0.5, 0.6) is 0 Å². The maximum absolute atomic E-state index is 12.5. The van der Waals surface area contributed by atoms with Crippen molar-refractivity contribution in [3.8, 4) is 0 Å². The minimum absolute atomic E-state index is 0.0389. The zero-order chi connectivity index (χ0) is 21.3. The quantitative estimate of drug-likeness (QED) is 0.553. The van der Waals surface area contributed by atoms with E-state index in [9.17, 15) is 13.2 Å². The average molecular weight is 441 g/mol. The SMILES string of the molecule is Cc1ccc(S(=O)(=O)Nc2ccc(NC(=O)[C@H]3C[C@H]3c3ccc(Cl)cc3)cc2)cc1. The molecule has 3 aromatic rings. The van der Waals surface area contributed by atoms with E-state index in [1.807, 2.05) is 31.2 Å². The second-order valence-corrected chi connectivity index (χ2v) is 9.60. The number of nitrogens with one attached hydrogen (secondary N) is 2. The first-order chi connectivity index (χ1) is 14.3. The van der Waals surface area contributed by atoms with E-state index in [2.05, 4.69) is 10.0 Å². The molecule has 1 fully saturated rings. The van der Waals surface area contributed by atoms with Gasteiger partial charge in [0.2, 0.25) is 5.91 Å². The summed E-state index contributed by atoms with van der Waals surface area (Å²) in [7, 11) is -3.66. The summed E-state index contributed by atoms with van der Waals surface area (Å²) in [4.78, 5) is 12.7. The van der Waals surface area contributed by atoms with Crippen LogP contribution in [-0.2, 0) is 14.8 Å². The first-order valence-electron chi connectivity index (χ1n) is 9.58. The molecule has 154 valence electrons. The predicted octanol–water partition coefficient (Wildman–Crippen LogP) is 5.19. The van der Waals surface area contributed by atoms with Gasteiger partial charge in [-0.2, -0.15) is 0 Å². The number of hydrogen-bond acceptors (Lipinski definition) is 3. The molecule has 2 N–H and O–H groups in total. The van der Waals surface area contributed by atoms with Crippen molar-refractivity contribution in [1.29, 1.82) is 0 Å². The van der Waals surface area contributed by atoms with Crippen molar-refractivity contribution >= 4 is 38.9 Å². The van der Waals surface area contributed by atoms with Gasteiger partial charge in [0, 0.05) is 22.3 Å². The summed E-state index contributed by atoms with van der Waals surface area (Å²) in [5.74, 6) is 0.108. The molecular weight excluding hydrogens is 420 g/mol. The molecule has 0 saturated heterocycles. The lowest BCUT2D eigenvalue weighted by Crippen LogP contribution is -2.15. The molecule has 5 nitrogen and oxygen atoms in total. The maximum Gasteiger partial charge on any atom is 0.261 e. The van der Waals surface area contributed by atoms with Crippen LogP contribution in [0, 0.1) is 12.8 Å². The lowest BCUT2D eigenvalue weighted by Gasteiger charge is -2.10. The predicted molar refractivity (Wildman–Crippen MR) is 119 cm³/mol. The standard InChI is InChI=1S/C23H21ClN2O3S/c1-15-2-12-20(13-3-15)30(28,29)26-19-10-8-18(9-11-19)25-23(27)22-14-21(22)16-4-6-17(24)7-5-16/h2-13,21-22,26H,14H2,1H3,(H,25,27)/t21-,22-/m0/s1. The third kappa shape index (κ3) is 4.66. The van der Waals surface area contributed by atoms with Crippen LogP contribution in [0.25, 0.3) is 0 Å². The van der Waals surface area contributed by atoms with Crippen LogP contribution < -0.4 is 10.0 Å². The van der Waals surface area contributed by atoms with Crippen molar-refractivity contribution < 1.29 is 13.2 Å². The molecular formula is C23H21ClN2O3S. The lowest BCUT2D eigenvalue weighted by atomic mass is 10.1. The fourth-order valence-electron chi connectivity index (χ4n) is 3.35. The molecule has 0 aromatic heterocycles. The highest BCUT2D eigenvalue weighted by molar-refractivity contribution is 7.92. The first-order valence-corrected chi connectivity index (χ1v) is 11.4. The van der Waals surface area contributed by atoms with Crippen LogP contribution in [0.4, 0.5) is 11.4 Å². The van der Waals surface area contributed by atoms with Crippen LogP contribution in [0.2, 0.25) is 5.02 Å². The molecule has 0 unspecified atom stereocenters. The number of amides is 1. The smallest absolute Gasteiger partial charge is 0.261 e. The molecule has 1 saturated carbocycles. The summed E-state index contributed by atoms with van der Waals surface area (Å²) in [6.07, 6.45) is 0.807. The van der Waals surface area contributed by atoms with E-state index in [-0.39, 0.29) is 22.6 Å². The molecule has 0 bridgehead atoms. The van der Waals surface area contributed by atoms with Gasteiger partial charge in [-0.05, 0) is 73.4 Å². The molecule has 1 aliphatic rings. The van der Waals surface area contributed by atoms with Crippen molar-refractivity contribution in [2.45, 2.75) is 24.2 Å². The Balaban J connectivity index is 1.36. The van der Waals surface area contributed by atoms with E-state index in [0.717, 1.165) is 17.5 Å². The van der Waals surface area contributed by atoms with Gasteiger partial charge in [-0.1, -0.05) is 41.4 Å². The average Bonchev–Trinajstić information content (AvgIpc) is 3.51. The van der Waals surface area contributed by atoms with Crippen molar-refractivity contribution in [2.24, 2.45) is 5.92 Å². The molecule has 7 heteroatoms. The number of aryl methyl sites for hydroxylation is 1. The summed E-state index contributed by atoms with van der Waals surface area (Å²) in [5, 5.41) is 3.58. The molecule has 4 rings (SSSR count). The van der Waals surface area contributed by atoms with Crippen molar-refractivity contribution in [3.05, 3.63) is 88.9 Å². The Bertz CT molecular complexity index is 1160. The van der Waals surface area contributed by atoms with Gasteiger partial charge in [0.15, 0.2) is 0 Å². The number of sulfonamides is 1. The largest absolute Gasteiger partial charge is 0.326 e. The van der Waals surface area contributed by atoms with E-state index in [1.165, 1.54) is 0 Å². The topological polar surface area (TPSA) is 75.3 Å². The van der Waals surface area contributed by atoms with Gasteiger partial charge in [0.1, 0.15) is 0 Å². The van der Waals surface area contributed by atoms with E-state index in [1.54, 1.807) is 48.5 Å². The highest BCUT2D eigenvalue weighted by atomic mass is 35.5. The van der Waals surface area contributed by atoms with Crippen LogP contribution in [0.15, 0.2) is 77.7 Å². The highest BCUT2D eigenvalue weighted by Gasteiger charge is 2.43. The number of carbonyl (C=O) groups is 1. The van der Waals surface area contributed by atoms with Gasteiger partial charge in [-0.3, -0.25) is 9.52 Å². The van der Waals surface area contributed by atoms with Crippen molar-refractivity contribution in [2.75, 3.05) is 10.0 Å². The third-order valence-electron chi connectivity index (χ3n) is 5.16. The number of anilines is 2. The zero-order valence-electron chi connectivity index (χ0n) is 16.3. The Morgan fingerprint density at radius 1 is 0.900 bits per heavy atom. The van der Waals surface area contributed by atoms with Crippen LogP contribution in [-0.4, -0.2) is 14.3 Å². The van der Waals surface area contributed by atoms with Gasteiger partial charge in [-0.25, -0.2) is 8.42 Å². The number of halogens is 1. The van der Waals surface area contributed by atoms with Crippen LogP contribution in [0.1, 0.15) is 23.5 Å². The minimum Gasteiger partial charge on any atom is -0.326 e. The van der Waals surface area contributed by atoms with Crippen molar-refractivity contribution in [3.63, 3.8) is 0 Å². The second kappa shape index (κ2) is 8.13. The van der Waals surface area contributed by atoms with E-state index in [4.69, 9.17) is 11.6 Å². The minimum atomic E-state index is -3.66. The molecule has 0 aliphatic heterocycles.